The van der Waals surface area contributed by atoms with E-state index in [4.69, 9.17) is 0 Å². The van der Waals surface area contributed by atoms with E-state index in [1.807, 2.05) is 6.92 Å². The SMILES string of the molecule is CCc1nccn1-c1ccc(C(F)(F)F)cn1. The van der Waals surface area contributed by atoms with E-state index in [0.717, 1.165) is 18.1 Å². The molecule has 0 atom stereocenters. The number of hydrogen-bond acceptors (Lipinski definition) is 2. The molecule has 0 aliphatic rings. The summed E-state index contributed by atoms with van der Waals surface area (Å²) in [6.07, 6.45) is 0.436. The number of nitrogens with zero attached hydrogens (tertiary/aromatic N) is 3. The molecule has 3 nitrogen and oxygen atoms in total. The van der Waals surface area contributed by atoms with Crippen LogP contribution in [0.25, 0.3) is 5.82 Å². The minimum absolute atomic E-state index is 0.437. The van der Waals surface area contributed by atoms with Crippen LogP contribution in [0.4, 0.5) is 13.2 Å². The summed E-state index contributed by atoms with van der Waals surface area (Å²) in [7, 11) is 0. The van der Waals surface area contributed by atoms with Gasteiger partial charge in [0, 0.05) is 25.0 Å². The molecular weight excluding hydrogens is 231 g/mol. The Bertz CT molecular complexity index is 499. The minimum Gasteiger partial charge on any atom is -0.288 e. The summed E-state index contributed by atoms with van der Waals surface area (Å²) in [5.41, 5.74) is -0.751. The Kier molecular flexibility index (Phi) is 2.87. The van der Waals surface area contributed by atoms with E-state index in [-0.39, 0.29) is 0 Å². The zero-order chi connectivity index (χ0) is 12.5. The number of aromatic nitrogens is 3. The van der Waals surface area contributed by atoms with Crippen LogP contribution in [-0.4, -0.2) is 14.5 Å². The molecule has 0 aromatic carbocycles. The highest BCUT2D eigenvalue weighted by Crippen LogP contribution is 2.28. The van der Waals surface area contributed by atoms with E-state index >= 15 is 0 Å². The van der Waals surface area contributed by atoms with Gasteiger partial charge in [-0.1, -0.05) is 6.92 Å². The van der Waals surface area contributed by atoms with Crippen LogP contribution in [0.15, 0.2) is 30.7 Å². The van der Waals surface area contributed by atoms with Crippen molar-refractivity contribution in [1.29, 1.82) is 0 Å². The average molecular weight is 241 g/mol. The first kappa shape index (κ1) is 11.6. The lowest BCUT2D eigenvalue weighted by Crippen LogP contribution is -2.07. The first-order valence-corrected chi connectivity index (χ1v) is 5.08. The van der Waals surface area contributed by atoms with E-state index in [1.165, 1.54) is 6.07 Å². The second-order valence-corrected chi connectivity index (χ2v) is 3.47. The van der Waals surface area contributed by atoms with E-state index in [0.29, 0.717) is 12.2 Å². The van der Waals surface area contributed by atoms with Crippen molar-refractivity contribution in [2.24, 2.45) is 0 Å². The second kappa shape index (κ2) is 4.20. The molecule has 0 saturated heterocycles. The quantitative estimate of drug-likeness (QED) is 0.809. The molecule has 2 heterocycles. The zero-order valence-electron chi connectivity index (χ0n) is 9.07. The number of hydrogen-bond donors (Lipinski definition) is 0. The number of halogens is 3. The lowest BCUT2D eigenvalue weighted by Gasteiger charge is -2.08. The molecular formula is C11H10F3N3. The third-order valence-corrected chi connectivity index (χ3v) is 2.36. The maximum atomic E-state index is 12.3. The number of rotatable bonds is 2. The van der Waals surface area contributed by atoms with Crippen LogP contribution < -0.4 is 0 Å². The van der Waals surface area contributed by atoms with Gasteiger partial charge in [-0.15, -0.1) is 0 Å². The molecule has 0 amide bonds. The number of imidazole rings is 1. The monoisotopic (exact) mass is 241 g/mol. The normalized spacial score (nSPS) is 11.8. The van der Waals surface area contributed by atoms with Crippen LogP contribution >= 0.6 is 0 Å². The molecule has 0 N–H and O–H groups in total. The molecule has 0 unspecified atom stereocenters. The molecule has 2 aromatic heterocycles. The lowest BCUT2D eigenvalue weighted by molar-refractivity contribution is -0.137. The third-order valence-electron chi connectivity index (χ3n) is 2.36. The molecule has 0 fully saturated rings. The number of alkyl halides is 3. The topological polar surface area (TPSA) is 30.7 Å². The maximum absolute atomic E-state index is 12.3. The van der Waals surface area contributed by atoms with Crippen LogP contribution in [0.3, 0.4) is 0 Å². The van der Waals surface area contributed by atoms with Crippen molar-refractivity contribution in [2.75, 3.05) is 0 Å². The van der Waals surface area contributed by atoms with Crippen LogP contribution in [0.1, 0.15) is 18.3 Å². The summed E-state index contributed by atoms with van der Waals surface area (Å²) in [6, 6.07) is 2.35. The number of aryl methyl sites for hydroxylation is 1. The van der Waals surface area contributed by atoms with Gasteiger partial charge in [-0.2, -0.15) is 13.2 Å². The lowest BCUT2D eigenvalue weighted by atomic mass is 10.3. The van der Waals surface area contributed by atoms with Gasteiger partial charge in [0.25, 0.3) is 0 Å². The highest BCUT2D eigenvalue weighted by Gasteiger charge is 2.30. The predicted molar refractivity (Wildman–Crippen MR) is 55.7 cm³/mol. The van der Waals surface area contributed by atoms with Crippen LogP contribution in [-0.2, 0) is 12.6 Å². The van der Waals surface area contributed by atoms with Crippen LogP contribution in [0, 0.1) is 0 Å². The molecule has 0 aliphatic heterocycles. The summed E-state index contributed by atoms with van der Waals surface area (Å²) in [5.74, 6) is 1.20. The van der Waals surface area contributed by atoms with Gasteiger partial charge in [0.1, 0.15) is 11.6 Å². The molecule has 0 saturated carbocycles. The first-order valence-electron chi connectivity index (χ1n) is 5.08. The van der Waals surface area contributed by atoms with Gasteiger partial charge in [0.2, 0.25) is 0 Å². The standard InChI is InChI=1S/C11H10F3N3/c1-2-9-15-5-6-17(9)10-4-3-8(7-16-10)11(12,13)14/h3-7H,2H2,1H3. The van der Waals surface area contributed by atoms with Gasteiger partial charge < -0.3 is 0 Å². The van der Waals surface area contributed by atoms with Crippen LogP contribution in [0.2, 0.25) is 0 Å². The largest absolute Gasteiger partial charge is 0.417 e. The summed E-state index contributed by atoms with van der Waals surface area (Å²) in [6.45, 7) is 1.92. The van der Waals surface area contributed by atoms with E-state index < -0.39 is 11.7 Å². The van der Waals surface area contributed by atoms with Crippen LogP contribution in [0.5, 0.6) is 0 Å². The van der Waals surface area contributed by atoms with Gasteiger partial charge in [0.05, 0.1) is 5.56 Å². The molecule has 0 radical (unpaired) electrons. The first-order chi connectivity index (χ1) is 8.02. The Morgan fingerprint density at radius 2 is 2.00 bits per heavy atom. The second-order valence-electron chi connectivity index (χ2n) is 3.47. The molecule has 0 spiro atoms. The summed E-state index contributed by atoms with van der Waals surface area (Å²) >= 11 is 0. The number of pyridine rings is 1. The van der Waals surface area contributed by atoms with Crippen molar-refractivity contribution in [3.05, 3.63) is 42.1 Å². The Balaban J connectivity index is 2.36. The summed E-state index contributed by atoms with van der Waals surface area (Å²) in [5, 5.41) is 0. The van der Waals surface area contributed by atoms with Crippen molar-refractivity contribution in [2.45, 2.75) is 19.5 Å². The van der Waals surface area contributed by atoms with Crippen molar-refractivity contribution < 1.29 is 13.2 Å². The van der Waals surface area contributed by atoms with Gasteiger partial charge in [-0.05, 0) is 12.1 Å². The molecule has 17 heavy (non-hydrogen) atoms. The predicted octanol–water partition coefficient (Wildman–Crippen LogP) is 2.85. The smallest absolute Gasteiger partial charge is 0.288 e. The Morgan fingerprint density at radius 3 is 2.53 bits per heavy atom. The van der Waals surface area contributed by atoms with Gasteiger partial charge in [-0.25, -0.2) is 9.97 Å². The van der Waals surface area contributed by atoms with Crippen molar-refractivity contribution >= 4 is 0 Å². The highest BCUT2D eigenvalue weighted by molar-refractivity contribution is 5.28. The van der Waals surface area contributed by atoms with Gasteiger partial charge >= 0.3 is 6.18 Å². The van der Waals surface area contributed by atoms with Crippen molar-refractivity contribution in [3.8, 4) is 5.82 Å². The fourth-order valence-corrected chi connectivity index (χ4v) is 1.50. The van der Waals surface area contributed by atoms with Gasteiger partial charge in [-0.3, -0.25) is 4.57 Å². The average Bonchev–Trinajstić information content (AvgIpc) is 2.76. The Labute approximate surface area is 95.9 Å². The third kappa shape index (κ3) is 2.30. The maximum Gasteiger partial charge on any atom is 0.417 e. The van der Waals surface area contributed by atoms with Crippen molar-refractivity contribution in [1.82, 2.24) is 14.5 Å². The summed E-state index contributed by atoms with van der Waals surface area (Å²) < 4.78 is 38.7. The molecule has 6 heteroatoms. The van der Waals surface area contributed by atoms with E-state index in [1.54, 1.807) is 17.0 Å². The Morgan fingerprint density at radius 1 is 1.24 bits per heavy atom. The molecule has 0 bridgehead atoms. The zero-order valence-corrected chi connectivity index (χ0v) is 9.07. The molecule has 90 valence electrons. The fourth-order valence-electron chi connectivity index (χ4n) is 1.50. The van der Waals surface area contributed by atoms with Gasteiger partial charge in [0.15, 0.2) is 0 Å². The fraction of sp³-hybridized carbons (Fsp3) is 0.273. The Hall–Kier alpha value is -1.85. The summed E-state index contributed by atoms with van der Waals surface area (Å²) in [4.78, 5) is 7.88. The van der Waals surface area contributed by atoms with Crippen molar-refractivity contribution in [3.63, 3.8) is 0 Å². The molecule has 0 aliphatic carbocycles. The highest BCUT2D eigenvalue weighted by atomic mass is 19.4. The molecule has 2 rings (SSSR count). The molecule has 2 aromatic rings. The minimum atomic E-state index is -4.35. The van der Waals surface area contributed by atoms with E-state index in [9.17, 15) is 13.2 Å². The van der Waals surface area contributed by atoms with E-state index in [2.05, 4.69) is 9.97 Å².